The summed E-state index contributed by atoms with van der Waals surface area (Å²) < 4.78 is 11.2. The summed E-state index contributed by atoms with van der Waals surface area (Å²) in [6.45, 7) is 5.96. The molecule has 0 fully saturated rings. The number of ether oxygens (including phenoxy) is 2. The van der Waals surface area contributed by atoms with Crippen LogP contribution < -0.4 is 9.47 Å². The van der Waals surface area contributed by atoms with E-state index >= 15 is 0 Å². The number of methoxy groups -OCH3 is 2. The van der Waals surface area contributed by atoms with Gasteiger partial charge in [-0.1, -0.05) is 41.4 Å². The lowest BCUT2D eigenvalue weighted by molar-refractivity contribution is 0.103. The molecule has 0 saturated carbocycles. The molecular weight excluding hydrogens is 344 g/mol. The summed E-state index contributed by atoms with van der Waals surface area (Å²) in [5.74, 6) is 1.09. The topological polar surface area (TPSA) is 35.5 Å². The number of rotatable bonds is 4. The molecule has 0 aromatic heterocycles. The second-order valence-electron chi connectivity index (χ2n) is 4.38. The Balaban J connectivity index is 0.00000116. The molecule has 118 valence electrons. The Kier molecular flexibility index (Phi) is 7.12. The molecule has 2 aromatic rings. The highest BCUT2D eigenvalue weighted by Gasteiger charge is 2.15. The smallest absolute Gasteiger partial charge is 0.194 e. The van der Waals surface area contributed by atoms with Gasteiger partial charge in [-0.3, -0.25) is 4.79 Å². The van der Waals surface area contributed by atoms with E-state index in [1.165, 1.54) is 0 Å². The van der Waals surface area contributed by atoms with E-state index in [-0.39, 0.29) is 5.78 Å². The molecule has 0 atom stereocenters. The summed E-state index contributed by atoms with van der Waals surface area (Å²) in [7, 11) is 3.12. The number of halogens is 1. The zero-order valence-electron chi connectivity index (χ0n) is 13.6. The Morgan fingerprint density at radius 1 is 0.955 bits per heavy atom. The predicted octanol–water partition coefficient (Wildman–Crippen LogP) is 5.03. The number of carbonyl (C=O) groups excluding carboxylic acids is 1. The van der Waals surface area contributed by atoms with Crippen molar-refractivity contribution in [3.63, 3.8) is 0 Å². The molecule has 22 heavy (non-hydrogen) atoms. The average Bonchev–Trinajstić information content (AvgIpc) is 2.57. The van der Waals surface area contributed by atoms with Gasteiger partial charge in [-0.25, -0.2) is 0 Å². The van der Waals surface area contributed by atoms with Crippen LogP contribution in [0.5, 0.6) is 11.5 Å². The zero-order valence-corrected chi connectivity index (χ0v) is 15.2. The van der Waals surface area contributed by atoms with Crippen molar-refractivity contribution in [1.82, 2.24) is 0 Å². The highest BCUT2D eigenvalue weighted by molar-refractivity contribution is 9.10. The maximum absolute atomic E-state index is 12.6. The van der Waals surface area contributed by atoms with Crippen molar-refractivity contribution >= 4 is 21.7 Å². The monoisotopic (exact) mass is 364 g/mol. The van der Waals surface area contributed by atoms with Gasteiger partial charge in [-0.15, -0.1) is 0 Å². The molecule has 2 rings (SSSR count). The van der Waals surface area contributed by atoms with E-state index in [1.807, 2.05) is 39.0 Å². The number of aryl methyl sites for hydroxylation is 1. The van der Waals surface area contributed by atoms with Gasteiger partial charge in [-0.2, -0.15) is 0 Å². The van der Waals surface area contributed by atoms with Crippen LogP contribution in [-0.2, 0) is 0 Å². The van der Waals surface area contributed by atoms with Crippen molar-refractivity contribution in [3.05, 3.63) is 57.6 Å². The number of benzene rings is 2. The van der Waals surface area contributed by atoms with Crippen molar-refractivity contribution in [2.75, 3.05) is 14.2 Å². The van der Waals surface area contributed by atoms with E-state index in [0.29, 0.717) is 22.6 Å². The molecule has 3 nitrogen and oxygen atoms in total. The lowest BCUT2D eigenvalue weighted by Crippen LogP contribution is -2.04. The molecule has 0 heterocycles. The van der Waals surface area contributed by atoms with Crippen LogP contribution in [0, 0.1) is 6.92 Å². The van der Waals surface area contributed by atoms with E-state index in [2.05, 4.69) is 15.9 Å². The van der Waals surface area contributed by atoms with Crippen LogP contribution in [0.3, 0.4) is 0 Å². The minimum atomic E-state index is -0.0541. The van der Waals surface area contributed by atoms with Crippen LogP contribution in [0.2, 0.25) is 0 Å². The third-order valence-corrected chi connectivity index (χ3v) is 3.70. The van der Waals surface area contributed by atoms with Crippen LogP contribution >= 0.6 is 15.9 Å². The third kappa shape index (κ3) is 4.10. The highest BCUT2D eigenvalue weighted by Crippen LogP contribution is 2.29. The molecule has 0 amide bonds. The Morgan fingerprint density at radius 3 is 2.18 bits per heavy atom. The molecule has 2 aromatic carbocycles. The first-order valence-corrected chi connectivity index (χ1v) is 7.89. The minimum Gasteiger partial charge on any atom is -0.493 e. The summed E-state index contributed by atoms with van der Waals surface area (Å²) in [5.41, 5.74) is 2.24. The molecular formula is C18H21BrO3. The first-order valence-electron chi connectivity index (χ1n) is 7.09. The number of hydrogen-bond donors (Lipinski definition) is 0. The van der Waals surface area contributed by atoms with E-state index in [0.717, 1.165) is 10.0 Å². The Bertz CT molecular complexity index is 651. The summed E-state index contributed by atoms with van der Waals surface area (Å²) in [5, 5.41) is 0. The fourth-order valence-corrected chi connectivity index (χ4v) is 2.37. The van der Waals surface area contributed by atoms with Crippen molar-refractivity contribution in [2.24, 2.45) is 0 Å². The summed E-state index contributed by atoms with van der Waals surface area (Å²) in [6.07, 6.45) is 0. The predicted molar refractivity (Wildman–Crippen MR) is 93.2 cm³/mol. The Labute approximate surface area is 140 Å². The van der Waals surface area contributed by atoms with E-state index in [4.69, 9.17) is 9.47 Å². The van der Waals surface area contributed by atoms with E-state index in [9.17, 15) is 4.79 Å². The Morgan fingerprint density at radius 2 is 1.59 bits per heavy atom. The molecule has 0 radical (unpaired) electrons. The van der Waals surface area contributed by atoms with Crippen LogP contribution in [0.15, 0.2) is 40.9 Å². The largest absolute Gasteiger partial charge is 0.493 e. The minimum absolute atomic E-state index is 0.0541. The molecule has 0 N–H and O–H groups in total. The summed E-state index contributed by atoms with van der Waals surface area (Å²) in [6, 6.07) is 10.9. The molecule has 0 saturated heterocycles. The number of ketones is 1. The van der Waals surface area contributed by atoms with Gasteiger partial charge in [0.15, 0.2) is 17.3 Å². The second-order valence-corrected chi connectivity index (χ2v) is 5.24. The highest BCUT2D eigenvalue weighted by atomic mass is 79.9. The molecule has 4 heteroatoms. The van der Waals surface area contributed by atoms with Crippen molar-refractivity contribution in [1.29, 1.82) is 0 Å². The lowest BCUT2D eigenvalue weighted by Gasteiger charge is -2.10. The van der Waals surface area contributed by atoms with Gasteiger partial charge in [0.25, 0.3) is 0 Å². The summed E-state index contributed by atoms with van der Waals surface area (Å²) in [4.78, 5) is 12.6. The van der Waals surface area contributed by atoms with E-state index in [1.54, 1.807) is 32.4 Å². The average molecular weight is 365 g/mol. The molecule has 0 aliphatic carbocycles. The van der Waals surface area contributed by atoms with Crippen LogP contribution in [0.4, 0.5) is 0 Å². The second kappa shape index (κ2) is 8.59. The molecule has 0 aliphatic heterocycles. The maximum atomic E-state index is 12.6. The normalized spacial score (nSPS) is 9.55. The fourth-order valence-electron chi connectivity index (χ4n) is 1.95. The molecule has 0 bridgehead atoms. The number of carbonyl (C=O) groups is 1. The fraction of sp³-hybridized carbons (Fsp3) is 0.278. The van der Waals surface area contributed by atoms with Crippen molar-refractivity contribution < 1.29 is 14.3 Å². The first kappa shape index (κ1) is 18.2. The quantitative estimate of drug-likeness (QED) is 0.713. The molecule has 0 spiro atoms. The number of hydrogen-bond acceptors (Lipinski definition) is 3. The van der Waals surface area contributed by atoms with E-state index < -0.39 is 0 Å². The van der Waals surface area contributed by atoms with Gasteiger partial charge < -0.3 is 9.47 Å². The lowest BCUT2D eigenvalue weighted by atomic mass is 10.0. The van der Waals surface area contributed by atoms with Crippen LogP contribution in [-0.4, -0.2) is 20.0 Å². The standard InChI is InChI=1S/C16H15BrO3.C2H6/c1-10-4-6-13(17)12(8-10)16(18)11-5-7-14(19-2)15(9-11)20-3;1-2/h4-9H,1-3H3;1-2H3. The van der Waals surface area contributed by atoms with Gasteiger partial charge in [0.05, 0.1) is 14.2 Å². The van der Waals surface area contributed by atoms with Crippen LogP contribution in [0.1, 0.15) is 35.3 Å². The zero-order chi connectivity index (χ0) is 16.7. The van der Waals surface area contributed by atoms with Crippen LogP contribution in [0.25, 0.3) is 0 Å². The van der Waals surface area contributed by atoms with Gasteiger partial charge in [-0.05, 0) is 37.3 Å². The molecule has 0 aliphatic rings. The van der Waals surface area contributed by atoms with Gasteiger partial charge in [0.2, 0.25) is 0 Å². The Hall–Kier alpha value is -1.81. The molecule has 0 unspecified atom stereocenters. The summed E-state index contributed by atoms with van der Waals surface area (Å²) >= 11 is 3.42. The van der Waals surface area contributed by atoms with Crippen molar-refractivity contribution in [2.45, 2.75) is 20.8 Å². The SMILES string of the molecule is CC.COc1ccc(C(=O)c2cc(C)ccc2Br)cc1OC. The van der Waals surface area contributed by atoms with Gasteiger partial charge in [0, 0.05) is 15.6 Å². The van der Waals surface area contributed by atoms with Gasteiger partial charge >= 0.3 is 0 Å². The third-order valence-electron chi connectivity index (χ3n) is 3.01. The van der Waals surface area contributed by atoms with Gasteiger partial charge in [0.1, 0.15) is 0 Å². The van der Waals surface area contributed by atoms with Crippen molar-refractivity contribution in [3.8, 4) is 11.5 Å². The first-order chi connectivity index (χ1) is 10.6. The maximum Gasteiger partial charge on any atom is 0.194 e.